The molecule has 1 aromatic rings. The standard InChI is InChI=1S/C11H12ClFN2O3/c12-7-2-3-9(8(13)6-7)15-11(18)10(17)14-4-1-5-16/h2-3,6,16H,1,4-5H2,(H,14,17)(H,15,18). The quantitative estimate of drug-likeness (QED) is 0.564. The van der Waals surface area contributed by atoms with E-state index in [-0.39, 0.29) is 23.9 Å². The fourth-order valence-electron chi connectivity index (χ4n) is 1.13. The van der Waals surface area contributed by atoms with Crippen LogP contribution in [0.3, 0.4) is 0 Å². The maximum atomic E-state index is 13.3. The molecule has 0 heterocycles. The van der Waals surface area contributed by atoms with Crippen molar-refractivity contribution in [1.29, 1.82) is 0 Å². The van der Waals surface area contributed by atoms with Gasteiger partial charge in [-0.25, -0.2) is 4.39 Å². The monoisotopic (exact) mass is 274 g/mol. The molecular formula is C11H12ClFN2O3. The summed E-state index contributed by atoms with van der Waals surface area (Å²) in [5, 5.41) is 13.1. The Labute approximate surface area is 108 Å². The van der Waals surface area contributed by atoms with Gasteiger partial charge in [-0.15, -0.1) is 0 Å². The molecule has 0 aliphatic heterocycles. The first-order chi connectivity index (χ1) is 8.54. The van der Waals surface area contributed by atoms with Crippen molar-refractivity contribution in [2.45, 2.75) is 6.42 Å². The molecule has 2 amide bonds. The molecule has 3 N–H and O–H groups in total. The van der Waals surface area contributed by atoms with Crippen molar-refractivity contribution in [2.24, 2.45) is 0 Å². The number of aliphatic hydroxyl groups excluding tert-OH is 1. The number of carbonyl (C=O) groups excluding carboxylic acids is 2. The van der Waals surface area contributed by atoms with Crippen LogP contribution in [0.15, 0.2) is 18.2 Å². The number of amides is 2. The number of rotatable bonds is 4. The van der Waals surface area contributed by atoms with Crippen molar-refractivity contribution in [3.63, 3.8) is 0 Å². The summed E-state index contributed by atoms with van der Waals surface area (Å²) in [4.78, 5) is 22.6. The van der Waals surface area contributed by atoms with Crippen LogP contribution in [0.2, 0.25) is 5.02 Å². The van der Waals surface area contributed by atoms with Crippen LogP contribution < -0.4 is 10.6 Å². The van der Waals surface area contributed by atoms with Crippen molar-refractivity contribution in [3.8, 4) is 0 Å². The Morgan fingerprint density at radius 1 is 1.33 bits per heavy atom. The molecule has 98 valence electrons. The Hall–Kier alpha value is -1.66. The van der Waals surface area contributed by atoms with Gasteiger partial charge in [0, 0.05) is 18.2 Å². The molecule has 0 aliphatic carbocycles. The predicted octanol–water partition coefficient (Wildman–Crippen LogP) is 0.916. The van der Waals surface area contributed by atoms with Gasteiger partial charge in [-0.2, -0.15) is 0 Å². The number of halogens is 2. The SMILES string of the molecule is O=C(NCCCO)C(=O)Nc1ccc(Cl)cc1F. The van der Waals surface area contributed by atoms with E-state index in [2.05, 4.69) is 10.6 Å². The first kappa shape index (κ1) is 14.4. The largest absolute Gasteiger partial charge is 0.396 e. The minimum Gasteiger partial charge on any atom is -0.396 e. The van der Waals surface area contributed by atoms with Crippen molar-refractivity contribution < 1.29 is 19.1 Å². The average molecular weight is 275 g/mol. The van der Waals surface area contributed by atoms with Gasteiger partial charge in [-0.3, -0.25) is 9.59 Å². The summed E-state index contributed by atoms with van der Waals surface area (Å²) in [5.74, 6) is -2.59. The highest BCUT2D eigenvalue weighted by atomic mass is 35.5. The highest BCUT2D eigenvalue weighted by Crippen LogP contribution is 2.18. The van der Waals surface area contributed by atoms with E-state index in [1.54, 1.807) is 0 Å². The molecule has 5 nitrogen and oxygen atoms in total. The van der Waals surface area contributed by atoms with Crippen LogP contribution in [0.5, 0.6) is 0 Å². The molecule has 0 atom stereocenters. The Morgan fingerprint density at radius 3 is 2.67 bits per heavy atom. The minimum atomic E-state index is -0.978. The summed E-state index contributed by atoms with van der Waals surface area (Å²) >= 11 is 5.54. The molecule has 7 heteroatoms. The zero-order valence-corrected chi connectivity index (χ0v) is 10.1. The van der Waals surface area contributed by atoms with Crippen LogP contribution >= 0.6 is 11.6 Å². The molecule has 0 spiro atoms. The van der Waals surface area contributed by atoms with E-state index in [1.165, 1.54) is 12.1 Å². The number of carbonyl (C=O) groups is 2. The smallest absolute Gasteiger partial charge is 0.313 e. The van der Waals surface area contributed by atoms with E-state index in [4.69, 9.17) is 16.7 Å². The summed E-state index contributed by atoms with van der Waals surface area (Å²) in [6.07, 6.45) is 0.342. The minimum absolute atomic E-state index is 0.0896. The van der Waals surface area contributed by atoms with E-state index >= 15 is 0 Å². The lowest BCUT2D eigenvalue weighted by Crippen LogP contribution is -2.36. The van der Waals surface area contributed by atoms with Gasteiger partial charge >= 0.3 is 11.8 Å². The lowest BCUT2D eigenvalue weighted by atomic mass is 10.3. The second kappa shape index (κ2) is 6.93. The summed E-state index contributed by atoms with van der Waals surface area (Å²) in [6, 6.07) is 3.68. The lowest BCUT2D eigenvalue weighted by Gasteiger charge is -2.06. The number of hydrogen-bond donors (Lipinski definition) is 3. The second-order valence-corrected chi connectivity index (χ2v) is 3.85. The zero-order chi connectivity index (χ0) is 13.5. The molecule has 0 unspecified atom stereocenters. The van der Waals surface area contributed by atoms with E-state index in [0.29, 0.717) is 6.42 Å². The van der Waals surface area contributed by atoms with Gasteiger partial charge in [0.05, 0.1) is 5.69 Å². The fourth-order valence-corrected chi connectivity index (χ4v) is 1.29. The number of benzene rings is 1. The molecule has 18 heavy (non-hydrogen) atoms. The second-order valence-electron chi connectivity index (χ2n) is 3.41. The summed E-state index contributed by atoms with van der Waals surface area (Å²) < 4.78 is 13.3. The van der Waals surface area contributed by atoms with Crippen molar-refractivity contribution in [3.05, 3.63) is 29.0 Å². The normalized spacial score (nSPS) is 9.94. The third-order valence-corrected chi connectivity index (χ3v) is 2.24. The summed E-state index contributed by atoms with van der Waals surface area (Å²) in [5.41, 5.74) is -0.123. The van der Waals surface area contributed by atoms with E-state index in [9.17, 15) is 14.0 Å². The van der Waals surface area contributed by atoms with E-state index < -0.39 is 17.6 Å². The van der Waals surface area contributed by atoms with E-state index in [1.807, 2.05) is 0 Å². The van der Waals surface area contributed by atoms with Crippen LogP contribution in [0, 0.1) is 5.82 Å². The van der Waals surface area contributed by atoms with Gasteiger partial charge in [-0.05, 0) is 24.6 Å². The third-order valence-electron chi connectivity index (χ3n) is 2.01. The van der Waals surface area contributed by atoms with Gasteiger partial charge in [0.1, 0.15) is 5.82 Å². The Kier molecular flexibility index (Phi) is 5.54. The van der Waals surface area contributed by atoms with Crippen molar-refractivity contribution >= 4 is 29.1 Å². The van der Waals surface area contributed by atoms with Crippen molar-refractivity contribution in [1.82, 2.24) is 5.32 Å². The average Bonchev–Trinajstić information content (AvgIpc) is 2.32. The van der Waals surface area contributed by atoms with Gasteiger partial charge in [0.25, 0.3) is 0 Å². The topological polar surface area (TPSA) is 78.4 Å². The van der Waals surface area contributed by atoms with Gasteiger partial charge in [0.15, 0.2) is 0 Å². The van der Waals surface area contributed by atoms with E-state index in [0.717, 1.165) is 6.07 Å². The summed E-state index contributed by atoms with van der Waals surface area (Å²) in [7, 11) is 0. The molecule has 0 saturated carbocycles. The molecular weight excluding hydrogens is 263 g/mol. The maximum absolute atomic E-state index is 13.3. The molecule has 0 bridgehead atoms. The van der Waals surface area contributed by atoms with Crippen LogP contribution in [-0.4, -0.2) is 30.1 Å². The zero-order valence-electron chi connectivity index (χ0n) is 9.37. The van der Waals surface area contributed by atoms with Crippen LogP contribution in [0.4, 0.5) is 10.1 Å². The molecule has 0 fully saturated rings. The number of hydrogen-bond acceptors (Lipinski definition) is 3. The Morgan fingerprint density at radius 2 is 2.06 bits per heavy atom. The first-order valence-corrected chi connectivity index (χ1v) is 5.57. The number of anilines is 1. The van der Waals surface area contributed by atoms with Gasteiger partial charge < -0.3 is 15.7 Å². The van der Waals surface area contributed by atoms with Crippen LogP contribution in [0.1, 0.15) is 6.42 Å². The number of nitrogens with one attached hydrogen (secondary N) is 2. The van der Waals surface area contributed by atoms with Crippen LogP contribution in [0.25, 0.3) is 0 Å². The predicted molar refractivity (Wildman–Crippen MR) is 64.8 cm³/mol. The molecule has 0 aromatic heterocycles. The molecule has 0 radical (unpaired) electrons. The first-order valence-electron chi connectivity index (χ1n) is 5.19. The highest BCUT2D eigenvalue weighted by molar-refractivity contribution is 6.39. The Bertz CT molecular complexity index is 454. The lowest BCUT2D eigenvalue weighted by molar-refractivity contribution is -0.136. The Balaban J connectivity index is 2.56. The molecule has 1 rings (SSSR count). The van der Waals surface area contributed by atoms with Gasteiger partial charge in [0.2, 0.25) is 0 Å². The highest BCUT2D eigenvalue weighted by Gasteiger charge is 2.14. The number of aliphatic hydroxyl groups is 1. The molecule has 1 aromatic carbocycles. The molecule has 0 saturated heterocycles. The maximum Gasteiger partial charge on any atom is 0.313 e. The van der Waals surface area contributed by atoms with Gasteiger partial charge in [-0.1, -0.05) is 11.6 Å². The summed E-state index contributed by atoms with van der Waals surface area (Å²) in [6.45, 7) is 0.0829. The fraction of sp³-hybridized carbons (Fsp3) is 0.273. The third kappa shape index (κ3) is 4.31. The van der Waals surface area contributed by atoms with Crippen LogP contribution in [-0.2, 0) is 9.59 Å². The molecule has 0 aliphatic rings. The van der Waals surface area contributed by atoms with Crippen molar-refractivity contribution in [2.75, 3.05) is 18.5 Å².